The van der Waals surface area contributed by atoms with Crippen LogP contribution in [0.5, 0.6) is 5.75 Å². The topological polar surface area (TPSA) is 51.2 Å². The van der Waals surface area contributed by atoms with Gasteiger partial charge in [0.2, 0.25) is 0 Å². The number of hydrogen-bond donors (Lipinski definition) is 1. The lowest BCUT2D eigenvalue weighted by Crippen LogP contribution is -2.20. The van der Waals surface area contributed by atoms with Gasteiger partial charge in [-0.2, -0.15) is 0 Å². The van der Waals surface area contributed by atoms with Crippen molar-refractivity contribution in [3.8, 4) is 17.0 Å². The molecule has 0 bridgehead atoms. The fraction of sp³-hybridized carbons (Fsp3) is 0.111. The predicted molar refractivity (Wildman–Crippen MR) is 111 cm³/mol. The molecule has 8 heteroatoms. The van der Waals surface area contributed by atoms with Gasteiger partial charge in [0, 0.05) is 16.0 Å². The molecule has 0 aliphatic heterocycles. The van der Waals surface area contributed by atoms with E-state index in [0.717, 1.165) is 15.6 Å². The van der Waals surface area contributed by atoms with Gasteiger partial charge in [0.15, 0.2) is 11.7 Å². The minimum atomic E-state index is -0.291. The van der Waals surface area contributed by atoms with Crippen molar-refractivity contribution in [2.24, 2.45) is 0 Å². The number of carbonyl (C=O) groups is 1. The van der Waals surface area contributed by atoms with Gasteiger partial charge in [0.1, 0.15) is 5.75 Å². The number of halogens is 3. The summed E-state index contributed by atoms with van der Waals surface area (Å²) in [4.78, 5) is 16.5. The largest absolute Gasteiger partial charge is 0.483 e. The molecule has 0 aliphatic rings. The van der Waals surface area contributed by atoms with E-state index in [0.29, 0.717) is 26.6 Å². The second-order valence-electron chi connectivity index (χ2n) is 5.43. The van der Waals surface area contributed by atoms with Gasteiger partial charge >= 0.3 is 0 Å². The zero-order valence-corrected chi connectivity index (χ0v) is 17.5. The number of rotatable bonds is 5. The highest BCUT2D eigenvalue weighted by molar-refractivity contribution is 9.10. The summed E-state index contributed by atoms with van der Waals surface area (Å²) in [5.74, 6) is 0.319. The van der Waals surface area contributed by atoms with E-state index >= 15 is 0 Å². The molecule has 26 heavy (non-hydrogen) atoms. The molecule has 0 fully saturated rings. The highest BCUT2D eigenvalue weighted by Crippen LogP contribution is 2.32. The minimum absolute atomic E-state index is 0.113. The first-order valence-corrected chi connectivity index (χ1v) is 9.95. The number of aryl methyl sites for hydroxylation is 1. The Morgan fingerprint density at radius 3 is 2.81 bits per heavy atom. The molecule has 4 nitrogen and oxygen atoms in total. The Balaban J connectivity index is 1.62. The lowest BCUT2D eigenvalue weighted by Gasteiger charge is -2.08. The Bertz CT molecular complexity index is 962. The summed E-state index contributed by atoms with van der Waals surface area (Å²) < 4.78 is 6.34. The van der Waals surface area contributed by atoms with Crippen LogP contribution in [0.2, 0.25) is 10.0 Å². The number of nitrogens with one attached hydrogen (secondary N) is 1. The molecule has 0 spiro atoms. The normalized spacial score (nSPS) is 10.6. The molecule has 3 rings (SSSR count). The maximum absolute atomic E-state index is 12.1. The number of ether oxygens (including phenoxy) is 1. The van der Waals surface area contributed by atoms with Crippen LogP contribution in [0.3, 0.4) is 0 Å². The molecule has 1 amide bonds. The smallest absolute Gasteiger partial charge is 0.264 e. The summed E-state index contributed by atoms with van der Waals surface area (Å²) in [6.45, 7) is 1.87. The Hall–Kier alpha value is -1.60. The maximum Gasteiger partial charge on any atom is 0.264 e. The first kappa shape index (κ1) is 19.2. The van der Waals surface area contributed by atoms with Crippen molar-refractivity contribution in [2.45, 2.75) is 6.92 Å². The van der Waals surface area contributed by atoms with Gasteiger partial charge in [-0.05, 0) is 58.7 Å². The van der Waals surface area contributed by atoms with Crippen LogP contribution >= 0.6 is 50.5 Å². The maximum atomic E-state index is 12.1. The number of aromatic nitrogens is 1. The van der Waals surface area contributed by atoms with E-state index in [-0.39, 0.29) is 12.5 Å². The molecular formula is C18H13BrCl2N2O2S. The van der Waals surface area contributed by atoms with Crippen molar-refractivity contribution in [1.29, 1.82) is 0 Å². The highest BCUT2D eigenvalue weighted by Gasteiger charge is 2.12. The van der Waals surface area contributed by atoms with Gasteiger partial charge < -0.3 is 4.74 Å². The Labute approximate surface area is 173 Å². The number of hydrogen-bond acceptors (Lipinski definition) is 4. The molecule has 1 heterocycles. The molecule has 0 saturated carbocycles. The monoisotopic (exact) mass is 470 g/mol. The molecule has 0 saturated heterocycles. The first-order chi connectivity index (χ1) is 12.4. The van der Waals surface area contributed by atoms with E-state index in [1.807, 2.05) is 30.5 Å². The van der Waals surface area contributed by atoms with Gasteiger partial charge in [-0.1, -0.05) is 29.3 Å². The third-order valence-corrected chi connectivity index (χ3v) is 5.33. The average molecular weight is 472 g/mol. The second kappa shape index (κ2) is 8.39. The van der Waals surface area contributed by atoms with E-state index in [9.17, 15) is 4.79 Å². The van der Waals surface area contributed by atoms with Crippen molar-refractivity contribution in [3.63, 3.8) is 0 Å². The molecule has 134 valence electrons. The zero-order chi connectivity index (χ0) is 18.7. The Kier molecular flexibility index (Phi) is 6.19. The van der Waals surface area contributed by atoms with Crippen LogP contribution in [0.15, 0.2) is 46.3 Å². The molecule has 2 aromatic carbocycles. The van der Waals surface area contributed by atoms with Crippen molar-refractivity contribution in [2.75, 3.05) is 11.9 Å². The quantitative estimate of drug-likeness (QED) is 0.481. The van der Waals surface area contributed by atoms with Crippen molar-refractivity contribution in [3.05, 3.63) is 61.9 Å². The van der Waals surface area contributed by atoms with E-state index in [1.165, 1.54) is 11.3 Å². The molecule has 1 N–H and O–H groups in total. The van der Waals surface area contributed by atoms with E-state index in [1.54, 1.807) is 18.2 Å². The number of thiazole rings is 1. The fourth-order valence-electron chi connectivity index (χ4n) is 2.17. The van der Waals surface area contributed by atoms with E-state index in [4.69, 9.17) is 27.9 Å². The summed E-state index contributed by atoms with van der Waals surface area (Å²) in [6, 6.07) is 10.9. The van der Waals surface area contributed by atoms with E-state index < -0.39 is 0 Å². The summed E-state index contributed by atoms with van der Waals surface area (Å²) in [5, 5.41) is 6.08. The number of amides is 1. The molecule has 0 atom stereocenters. The SMILES string of the molecule is Cc1ccc(OCC(=O)Nc2nc(-c3ccc(Cl)cc3Cl)cs2)c(Br)c1. The molecule has 0 unspecified atom stereocenters. The standard InChI is InChI=1S/C18H13BrCl2N2O2S/c1-10-2-5-16(13(19)6-10)25-8-17(24)23-18-22-15(9-26-18)12-4-3-11(20)7-14(12)21/h2-7,9H,8H2,1H3,(H,22,23,24). The predicted octanol–water partition coefficient (Wildman–Crippen LogP) is 6.21. The van der Waals surface area contributed by atoms with Crippen LogP contribution in [0, 0.1) is 6.92 Å². The number of carbonyl (C=O) groups excluding carboxylic acids is 1. The molecule has 3 aromatic rings. The lowest BCUT2D eigenvalue weighted by atomic mass is 10.2. The van der Waals surface area contributed by atoms with Crippen molar-refractivity contribution < 1.29 is 9.53 Å². The summed E-state index contributed by atoms with van der Waals surface area (Å²) in [5.41, 5.74) is 2.53. The second-order valence-corrected chi connectivity index (χ2v) is 7.99. The molecule has 0 aliphatic carbocycles. The number of anilines is 1. The zero-order valence-electron chi connectivity index (χ0n) is 13.6. The first-order valence-electron chi connectivity index (χ1n) is 7.52. The summed E-state index contributed by atoms with van der Waals surface area (Å²) in [6.07, 6.45) is 0. The number of benzene rings is 2. The van der Waals surface area contributed by atoms with Crippen LogP contribution in [0.4, 0.5) is 5.13 Å². The van der Waals surface area contributed by atoms with Crippen LogP contribution in [-0.2, 0) is 4.79 Å². The molecular weight excluding hydrogens is 459 g/mol. The Morgan fingerprint density at radius 2 is 2.08 bits per heavy atom. The van der Waals surface area contributed by atoms with Gasteiger partial charge in [-0.3, -0.25) is 10.1 Å². The summed E-state index contributed by atoms with van der Waals surface area (Å²) >= 11 is 16.8. The fourth-order valence-corrected chi connectivity index (χ4v) is 4.01. The summed E-state index contributed by atoms with van der Waals surface area (Å²) in [7, 11) is 0. The minimum Gasteiger partial charge on any atom is -0.483 e. The number of nitrogens with zero attached hydrogens (tertiary/aromatic N) is 1. The third-order valence-electron chi connectivity index (χ3n) is 3.40. The van der Waals surface area contributed by atoms with Crippen molar-refractivity contribution in [1.82, 2.24) is 4.98 Å². The third kappa shape index (κ3) is 4.76. The van der Waals surface area contributed by atoms with Crippen LogP contribution in [-0.4, -0.2) is 17.5 Å². The molecule has 0 radical (unpaired) electrons. The van der Waals surface area contributed by atoms with Gasteiger partial charge in [0.25, 0.3) is 5.91 Å². The average Bonchev–Trinajstić information content (AvgIpc) is 3.02. The van der Waals surface area contributed by atoms with Crippen LogP contribution < -0.4 is 10.1 Å². The van der Waals surface area contributed by atoms with E-state index in [2.05, 4.69) is 26.2 Å². The van der Waals surface area contributed by atoms with Gasteiger partial charge in [0.05, 0.1) is 15.2 Å². The lowest BCUT2D eigenvalue weighted by molar-refractivity contribution is -0.118. The van der Waals surface area contributed by atoms with Crippen LogP contribution in [0.25, 0.3) is 11.3 Å². The van der Waals surface area contributed by atoms with Gasteiger partial charge in [-0.25, -0.2) is 4.98 Å². The van der Waals surface area contributed by atoms with Crippen molar-refractivity contribution >= 4 is 61.5 Å². The Morgan fingerprint density at radius 1 is 1.27 bits per heavy atom. The highest BCUT2D eigenvalue weighted by atomic mass is 79.9. The molecule has 1 aromatic heterocycles. The van der Waals surface area contributed by atoms with Crippen LogP contribution in [0.1, 0.15) is 5.56 Å². The van der Waals surface area contributed by atoms with Gasteiger partial charge in [-0.15, -0.1) is 11.3 Å².